The van der Waals surface area contributed by atoms with Crippen molar-refractivity contribution < 1.29 is 9.50 Å². The lowest BCUT2D eigenvalue weighted by atomic mass is 10.2. The number of hydrogen-bond acceptors (Lipinski definition) is 1. The average molecular weight is 214 g/mol. The molecule has 0 unspecified atom stereocenters. The van der Waals surface area contributed by atoms with E-state index < -0.39 is 0 Å². The van der Waals surface area contributed by atoms with E-state index in [4.69, 9.17) is 16.7 Å². The molecule has 0 saturated carbocycles. The van der Waals surface area contributed by atoms with Crippen LogP contribution in [0.4, 0.5) is 4.39 Å². The van der Waals surface area contributed by atoms with Gasteiger partial charge < -0.3 is 9.67 Å². The highest BCUT2D eigenvalue weighted by molar-refractivity contribution is 6.36. The van der Waals surface area contributed by atoms with E-state index >= 15 is 0 Å². The van der Waals surface area contributed by atoms with Gasteiger partial charge in [0.1, 0.15) is 5.82 Å². The second kappa shape index (κ2) is 3.26. The molecule has 14 heavy (non-hydrogen) atoms. The topological polar surface area (TPSA) is 25.2 Å². The van der Waals surface area contributed by atoms with Crippen molar-refractivity contribution in [2.24, 2.45) is 7.05 Å². The number of aryl methyl sites for hydroxylation is 1. The van der Waals surface area contributed by atoms with Crippen molar-refractivity contribution in [3.8, 4) is 0 Å². The van der Waals surface area contributed by atoms with Gasteiger partial charge in [-0.15, -0.1) is 0 Å². The molecule has 2 rings (SSSR count). The Morgan fingerprint density at radius 3 is 2.86 bits per heavy atom. The van der Waals surface area contributed by atoms with E-state index in [2.05, 4.69) is 0 Å². The summed E-state index contributed by atoms with van der Waals surface area (Å²) in [5.74, 6) is -0.325. The van der Waals surface area contributed by atoms with Crippen LogP contribution in [0, 0.1) is 5.82 Å². The molecule has 0 atom stereocenters. The second-order valence-electron chi connectivity index (χ2n) is 3.14. The third-order valence-corrected chi connectivity index (χ3v) is 2.79. The fourth-order valence-corrected chi connectivity index (χ4v) is 1.94. The van der Waals surface area contributed by atoms with Crippen molar-refractivity contribution in [2.45, 2.75) is 6.61 Å². The Labute approximate surface area is 85.5 Å². The van der Waals surface area contributed by atoms with Gasteiger partial charge in [0.05, 0.1) is 17.3 Å². The van der Waals surface area contributed by atoms with E-state index in [1.54, 1.807) is 17.7 Å². The number of fused-ring (bicyclic) bond motifs is 1. The molecule has 0 aliphatic rings. The monoisotopic (exact) mass is 213 g/mol. The Morgan fingerprint density at radius 1 is 1.50 bits per heavy atom. The van der Waals surface area contributed by atoms with Crippen LogP contribution in [0.3, 0.4) is 0 Å². The summed E-state index contributed by atoms with van der Waals surface area (Å²) in [5.41, 5.74) is 1.42. The summed E-state index contributed by atoms with van der Waals surface area (Å²) in [6.07, 6.45) is 0. The lowest BCUT2D eigenvalue weighted by Crippen LogP contribution is -1.95. The van der Waals surface area contributed by atoms with Gasteiger partial charge in [-0.05, 0) is 18.2 Å². The largest absolute Gasteiger partial charge is 0.390 e. The highest BCUT2D eigenvalue weighted by Gasteiger charge is 2.12. The maximum atomic E-state index is 12.9. The highest BCUT2D eigenvalue weighted by Crippen LogP contribution is 2.30. The van der Waals surface area contributed by atoms with Crippen LogP contribution in [0.1, 0.15) is 5.69 Å². The minimum absolute atomic E-state index is 0.147. The minimum Gasteiger partial charge on any atom is -0.390 e. The molecule has 1 heterocycles. The molecule has 1 aromatic heterocycles. The van der Waals surface area contributed by atoms with Crippen LogP contribution in [0.2, 0.25) is 5.02 Å². The molecule has 1 N–H and O–H groups in total. The number of aliphatic hydroxyl groups excluding tert-OH is 1. The third kappa shape index (κ3) is 1.21. The van der Waals surface area contributed by atoms with E-state index in [0.717, 1.165) is 5.52 Å². The van der Waals surface area contributed by atoms with Gasteiger partial charge in [0.15, 0.2) is 0 Å². The zero-order valence-electron chi connectivity index (χ0n) is 7.59. The molecule has 0 saturated heterocycles. The van der Waals surface area contributed by atoms with Crippen LogP contribution >= 0.6 is 11.6 Å². The number of rotatable bonds is 1. The standard InChI is InChI=1S/C10H9ClFNO/c1-13-8-3-2-6(12)4-7(8)10(11)9(13)5-14/h2-4,14H,5H2,1H3. The number of hydrogen-bond donors (Lipinski definition) is 1. The van der Waals surface area contributed by atoms with Crippen LogP contribution in [0.15, 0.2) is 18.2 Å². The molecule has 2 aromatic rings. The minimum atomic E-state index is -0.325. The quantitative estimate of drug-likeness (QED) is 0.774. The van der Waals surface area contributed by atoms with Gasteiger partial charge in [0.25, 0.3) is 0 Å². The van der Waals surface area contributed by atoms with Gasteiger partial charge in [0.2, 0.25) is 0 Å². The molecule has 0 radical (unpaired) electrons. The number of halogens is 2. The first-order valence-electron chi connectivity index (χ1n) is 4.18. The van der Waals surface area contributed by atoms with Gasteiger partial charge in [0, 0.05) is 18.0 Å². The number of aromatic nitrogens is 1. The molecule has 4 heteroatoms. The molecule has 2 nitrogen and oxygen atoms in total. The van der Waals surface area contributed by atoms with E-state index in [9.17, 15) is 4.39 Å². The molecule has 74 valence electrons. The third-order valence-electron chi connectivity index (χ3n) is 2.36. The lowest BCUT2D eigenvalue weighted by Gasteiger charge is -1.99. The van der Waals surface area contributed by atoms with Crippen LogP contribution in [0.25, 0.3) is 10.9 Å². The maximum absolute atomic E-state index is 12.9. The lowest BCUT2D eigenvalue weighted by molar-refractivity contribution is 0.273. The predicted octanol–water partition coefficient (Wildman–Crippen LogP) is 2.46. The van der Waals surface area contributed by atoms with E-state index in [1.807, 2.05) is 0 Å². The van der Waals surface area contributed by atoms with Crippen molar-refractivity contribution in [1.29, 1.82) is 0 Å². The number of nitrogens with zero attached hydrogens (tertiary/aromatic N) is 1. The van der Waals surface area contributed by atoms with Gasteiger partial charge in [-0.3, -0.25) is 0 Å². The summed E-state index contributed by atoms with van der Waals surface area (Å²) in [7, 11) is 1.79. The van der Waals surface area contributed by atoms with Crippen molar-refractivity contribution in [1.82, 2.24) is 4.57 Å². The molecule has 0 aliphatic heterocycles. The fraction of sp³-hybridized carbons (Fsp3) is 0.200. The van der Waals surface area contributed by atoms with Gasteiger partial charge in [-0.2, -0.15) is 0 Å². The number of aliphatic hydroxyl groups is 1. The first-order chi connectivity index (χ1) is 6.65. The summed E-state index contributed by atoms with van der Waals surface area (Å²) >= 11 is 5.99. The van der Waals surface area contributed by atoms with E-state index in [-0.39, 0.29) is 12.4 Å². The van der Waals surface area contributed by atoms with E-state index in [1.165, 1.54) is 12.1 Å². The van der Waals surface area contributed by atoms with Gasteiger partial charge in [-0.1, -0.05) is 11.6 Å². The molecular weight excluding hydrogens is 205 g/mol. The SMILES string of the molecule is Cn1c(CO)c(Cl)c2cc(F)ccc21. The van der Waals surface area contributed by atoms with Gasteiger partial charge >= 0.3 is 0 Å². The summed E-state index contributed by atoms with van der Waals surface area (Å²) < 4.78 is 14.7. The summed E-state index contributed by atoms with van der Waals surface area (Å²) in [6, 6.07) is 4.40. The smallest absolute Gasteiger partial charge is 0.124 e. The average Bonchev–Trinajstić information content (AvgIpc) is 2.39. The molecular formula is C10H9ClFNO. The summed E-state index contributed by atoms with van der Waals surface area (Å²) in [5, 5.41) is 10.1. The van der Waals surface area contributed by atoms with Crippen molar-refractivity contribution in [3.63, 3.8) is 0 Å². The van der Waals surface area contributed by atoms with Crippen molar-refractivity contribution in [3.05, 3.63) is 34.7 Å². The second-order valence-corrected chi connectivity index (χ2v) is 3.52. The van der Waals surface area contributed by atoms with Crippen LogP contribution in [0.5, 0.6) is 0 Å². The van der Waals surface area contributed by atoms with E-state index in [0.29, 0.717) is 16.1 Å². The fourth-order valence-electron chi connectivity index (χ4n) is 1.60. The zero-order chi connectivity index (χ0) is 10.3. The Morgan fingerprint density at radius 2 is 2.21 bits per heavy atom. The summed E-state index contributed by atoms with van der Waals surface area (Å²) in [4.78, 5) is 0. The number of benzene rings is 1. The molecule has 0 bridgehead atoms. The Hall–Kier alpha value is -1.06. The summed E-state index contributed by atoms with van der Waals surface area (Å²) in [6.45, 7) is -0.147. The zero-order valence-corrected chi connectivity index (χ0v) is 8.35. The predicted molar refractivity (Wildman–Crippen MR) is 53.8 cm³/mol. The molecule has 0 amide bonds. The first kappa shape index (κ1) is 9.49. The van der Waals surface area contributed by atoms with Crippen LogP contribution < -0.4 is 0 Å². The van der Waals surface area contributed by atoms with Crippen LogP contribution in [-0.2, 0) is 13.7 Å². The maximum Gasteiger partial charge on any atom is 0.124 e. The molecule has 0 aliphatic carbocycles. The normalized spacial score (nSPS) is 11.1. The Kier molecular flexibility index (Phi) is 2.21. The molecule has 1 aromatic carbocycles. The molecule has 0 fully saturated rings. The van der Waals surface area contributed by atoms with Gasteiger partial charge in [-0.25, -0.2) is 4.39 Å². The van der Waals surface area contributed by atoms with Crippen molar-refractivity contribution in [2.75, 3.05) is 0 Å². The first-order valence-corrected chi connectivity index (χ1v) is 4.56. The van der Waals surface area contributed by atoms with Crippen LogP contribution in [-0.4, -0.2) is 9.67 Å². The molecule has 0 spiro atoms. The Bertz CT molecular complexity index is 492. The Balaban J connectivity index is 2.87. The highest BCUT2D eigenvalue weighted by atomic mass is 35.5. The van der Waals surface area contributed by atoms with Crippen molar-refractivity contribution >= 4 is 22.5 Å².